The Bertz CT molecular complexity index is 502. The first-order valence-corrected chi connectivity index (χ1v) is 5.87. The van der Waals surface area contributed by atoms with Gasteiger partial charge >= 0.3 is 0 Å². The highest BCUT2D eigenvalue weighted by atomic mass is 16.6. The van der Waals surface area contributed by atoms with Crippen LogP contribution in [0.2, 0.25) is 0 Å². The molecule has 1 aliphatic heterocycles. The van der Waals surface area contributed by atoms with Gasteiger partial charge in [-0.2, -0.15) is 0 Å². The number of benzene rings is 2. The maximum Gasteiger partial charge on any atom is 0.113 e. The summed E-state index contributed by atoms with van der Waals surface area (Å²) in [5.74, 6) is 0. The van der Waals surface area contributed by atoms with Gasteiger partial charge in [-0.3, -0.25) is 0 Å². The molecule has 0 bridgehead atoms. The highest BCUT2D eigenvalue weighted by molar-refractivity contribution is 5.50. The third kappa shape index (κ3) is 2.45. The number of ether oxygens (including phenoxy) is 1. The van der Waals surface area contributed by atoms with Crippen molar-refractivity contribution in [3.8, 4) is 0 Å². The fourth-order valence-electron chi connectivity index (χ4n) is 1.95. The molecule has 0 saturated carbocycles. The summed E-state index contributed by atoms with van der Waals surface area (Å²) in [5.41, 5.74) is 2.48. The molecule has 84 valence electrons. The van der Waals surface area contributed by atoms with Gasteiger partial charge in [0, 0.05) is 0 Å². The molecule has 0 spiro atoms. The van der Waals surface area contributed by atoms with Gasteiger partial charge in [-0.1, -0.05) is 72.8 Å². The first kappa shape index (κ1) is 10.3. The van der Waals surface area contributed by atoms with Crippen LogP contribution >= 0.6 is 0 Å². The van der Waals surface area contributed by atoms with Gasteiger partial charge in [0.1, 0.15) is 12.2 Å². The zero-order valence-electron chi connectivity index (χ0n) is 9.49. The molecular weight excluding hydrogens is 208 g/mol. The molecular formula is C16H14O. The zero-order valence-corrected chi connectivity index (χ0v) is 9.49. The zero-order chi connectivity index (χ0) is 11.5. The summed E-state index contributed by atoms with van der Waals surface area (Å²) in [6.07, 6.45) is 4.73. The van der Waals surface area contributed by atoms with Crippen molar-refractivity contribution < 1.29 is 4.74 Å². The second-order valence-electron chi connectivity index (χ2n) is 4.20. The summed E-state index contributed by atoms with van der Waals surface area (Å²) in [6, 6.07) is 20.7. The lowest BCUT2D eigenvalue weighted by molar-refractivity contribution is 0.394. The number of hydrogen-bond acceptors (Lipinski definition) is 1. The van der Waals surface area contributed by atoms with Crippen LogP contribution in [0.3, 0.4) is 0 Å². The van der Waals surface area contributed by atoms with E-state index in [1.165, 1.54) is 11.1 Å². The van der Waals surface area contributed by atoms with Crippen LogP contribution < -0.4 is 0 Å². The molecule has 3 rings (SSSR count). The normalized spacial score (nSPS) is 22.8. The molecule has 1 aliphatic rings. The van der Waals surface area contributed by atoms with E-state index in [0.29, 0.717) is 0 Å². The fraction of sp³-hybridized carbons (Fsp3) is 0.125. The highest BCUT2D eigenvalue weighted by Crippen LogP contribution is 2.39. The van der Waals surface area contributed by atoms with Gasteiger partial charge in [-0.25, -0.2) is 0 Å². The molecule has 0 aromatic heterocycles. The SMILES string of the molecule is C(=C\[C@H]1O[C@@H]1c1ccccc1)/c1ccccc1. The van der Waals surface area contributed by atoms with Crippen LogP contribution in [0.15, 0.2) is 66.7 Å². The van der Waals surface area contributed by atoms with E-state index in [1.807, 2.05) is 24.3 Å². The van der Waals surface area contributed by atoms with Crippen LogP contribution in [0, 0.1) is 0 Å². The van der Waals surface area contributed by atoms with E-state index in [2.05, 4.69) is 48.6 Å². The van der Waals surface area contributed by atoms with Gasteiger partial charge in [-0.05, 0) is 11.1 Å². The number of rotatable bonds is 3. The van der Waals surface area contributed by atoms with Crippen molar-refractivity contribution in [3.63, 3.8) is 0 Å². The van der Waals surface area contributed by atoms with Gasteiger partial charge in [0.25, 0.3) is 0 Å². The smallest absolute Gasteiger partial charge is 0.113 e. The highest BCUT2D eigenvalue weighted by Gasteiger charge is 2.37. The van der Waals surface area contributed by atoms with Crippen molar-refractivity contribution in [2.75, 3.05) is 0 Å². The first-order valence-electron chi connectivity index (χ1n) is 5.87. The van der Waals surface area contributed by atoms with Crippen molar-refractivity contribution in [2.45, 2.75) is 12.2 Å². The van der Waals surface area contributed by atoms with Crippen LogP contribution in [-0.4, -0.2) is 6.10 Å². The van der Waals surface area contributed by atoms with Crippen molar-refractivity contribution in [3.05, 3.63) is 77.9 Å². The number of hydrogen-bond donors (Lipinski definition) is 0. The lowest BCUT2D eigenvalue weighted by Gasteiger charge is -1.92. The topological polar surface area (TPSA) is 12.5 Å². The maximum absolute atomic E-state index is 5.64. The van der Waals surface area contributed by atoms with Gasteiger partial charge in [0.05, 0.1) is 0 Å². The Labute approximate surface area is 101 Å². The molecule has 0 amide bonds. The first-order chi connectivity index (χ1) is 8.43. The molecule has 1 heteroatoms. The third-order valence-electron chi connectivity index (χ3n) is 2.93. The second-order valence-corrected chi connectivity index (χ2v) is 4.20. The van der Waals surface area contributed by atoms with E-state index in [0.717, 1.165) is 0 Å². The lowest BCUT2D eigenvalue weighted by Crippen LogP contribution is -1.83. The van der Waals surface area contributed by atoms with Crippen LogP contribution in [0.5, 0.6) is 0 Å². The fourth-order valence-corrected chi connectivity index (χ4v) is 1.95. The van der Waals surface area contributed by atoms with E-state index in [1.54, 1.807) is 0 Å². The molecule has 0 radical (unpaired) electrons. The Kier molecular flexibility index (Phi) is 2.76. The summed E-state index contributed by atoms with van der Waals surface area (Å²) in [6.45, 7) is 0. The molecule has 0 unspecified atom stereocenters. The van der Waals surface area contributed by atoms with Gasteiger partial charge in [0.2, 0.25) is 0 Å². The molecule has 0 N–H and O–H groups in total. The van der Waals surface area contributed by atoms with E-state index in [9.17, 15) is 0 Å². The van der Waals surface area contributed by atoms with Gasteiger partial charge < -0.3 is 4.74 Å². The van der Waals surface area contributed by atoms with E-state index in [-0.39, 0.29) is 12.2 Å². The van der Waals surface area contributed by atoms with Crippen LogP contribution in [0.4, 0.5) is 0 Å². The quantitative estimate of drug-likeness (QED) is 0.719. The van der Waals surface area contributed by atoms with E-state index in [4.69, 9.17) is 4.74 Å². The largest absolute Gasteiger partial charge is 0.360 e. The predicted molar refractivity (Wildman–Crippen MR) is 69.5 cm³/mol. The molecule has 1 fully saturated rings. The third-order valence-corrected chi connectivity index (χ3v) is 2.93. The molecule has 0 aliphatic carbocycles. The van der Waals surface area contributed by atoms with Crippen molar-refractivity contribution in [2.24, 2.45) is 0 Å². The minimum Gasteiger partial charge on any atom is -0.360 e. The standard InChI is InChI=1S/C16H14O/c1-3-7-13(8-4-1)11-12-15-16(17-15)14-9-5-2-6-10-14/h1-12,15-16H/b12-11+/t15-,16-/m1/s1. The lowest BCUT2D eigenvalue weighted by atomic mass is 10.1. The minimum atomic E-state index is 0.234. The molecule has 1 heterocycles. The van der Waals surface area contributed by atoms with Gasteiger partial charge in [0.15, 0.2) is 0 Å². The Morgan fingerprint density at radius 2 is 1.47 bits per heavy atom. The van der Waals surface area contributed by atoms with Crippen molar-refractivity contribution in [1.82, 2.24) is 0 Å². The minimum absolute atomic E-state index is 0.234. The molecule has 1 saturated heterocycles. The van der Waals surface area contributed by atoms with Crippen LogP contribution in [0.25, 0.3) is 6.08 Å². The molecule has 2 aromatic rings. The van der Waals surface area contributed by atoms with Crippen molar-refractivity contribution >= 4 is 6.08 Å². The monoisotopic (exact) mass is 222 g/mol. The predicted octanol–water partition coefficient (Wildman–Crippen LogP) is 3.84. The molecule has 2 aromatic carbocycles. The van der Waals surface area contributed by atoms with Gasteiger partial charge in [-0.15, -0.1) is 0 Å². The molecule has 2 atom stereocenters. The molecule has 1 nitrogen and oxygen atoms in total. The van der Waals surface area contributed by atoms with Crippen LogP contribution in [0.1, 0.15) is 17.2 Å². The average Bonchev–Trinajstić information content (AvgIpc) is 3.18. The van der Waals surface area contributed by atoms with Crippen LogP contribution in [-0.2, 0) is 4.74 Å². The summed E-state index contributed by atoms with van der Waals surface area (Å²) >= 11 is 0. The van der Waals surface area contributed by atoms with Crippen molar-refractivity contribution in [1.29, 1.82) is 0 Å². The summed E-state index contributed by atoms with van der Waals surface area (Å²) in [4.78, 5) is 0. The maximum atomic E-state index is 5.64. The summed E-state index contributed by atoms with van der Waals surface area (Å²) in [5, 5.41) is 0. The summed E-state index contributed by atoms with van der Waals surface area (Å²) in [7, 11) is 0. The Morgan fingerprint density at radius 1 is 0.824 bits per heavy atom. The Hall–Kier alpha value is -1.86. The van der Waals surface area contributed by atoms with E-state index >= 15 is 0 Å². The Balaban J connectivity index is 1.65. The number of epoxide rings is 1. The summed E-state index contributed by atoms with van der Waals surface area (Å²) < 4.78 is 5.64. The second kappa shape index (κ2) is 4.56. The van der Waals surface area contributed by atoms with E-state index < -0.39 is 0 Å². The average molecular weight is 222 g/mol. The Morgan fingerprint density at radius 3 is 2.18 bits per heavy atom. The molecule has 17 heavy (non-hydrogen) atoms.